The summed E-state index contributed by atoms with van der Waals surface area (Å²) < 4.78 is 21.6. The Labute approximate surface area is 118 Å². The molecule has 0 saturated heterocycles. The van der Waals surface area contributed by atoms with Crippen LogP contribution in [0.3, 0.4) is 0 Å². The van der Waals surface area contributed by atoms with E-state index in [9.17, 15) is 9.00 Å². The molecule has 20 heavy (non-hydrogen) atoms. The van der Waals surface area contributed by atoms with Crippen molar-refractivity contribution in [2.45, 2.75) is 4.90 Å². The normalized spacial score (nSPS) is 12.3. The first kappa shape index (κ1) is 14.5. The number of benzene rings is 1. The molecule has 1 heterocycles. The highest BCUT2D eigenvalue weighted by Crippen LogP contribution is 2.21. The molecule has 0 radical (unpaired) electrons. The predicted octanol–water partition coefficient (Wildman–Crippen LogP) is 1.50. The van der Waals surface area contributed by atoms with Crippen molar-refractivity contribution < 1.29 is 18.5 Å². The van der Waals surface area contributed by atoms with Crippen LogP contribution in [-0.4, -0.2) is 46.8 Å². The predicted molar refractivity (Wildman–Crippen MR) is 75.3 cm³/mol. The highest BCUT2D eigenvalue weighted by atomic mass is 32.2. The Morgan fingerprint density at radius 3 is 2.95 bits per heavy atom. The maximum Gasteiger partial charge on any atom is 0.413 e. The fourth-order valence-electron chi connectivity index (χ4n) is 1.67. The maximum atomic E-state index is 12.2. The topological polar surface area (TPSA) is 93.3 Å². The van der Waals surface area contributed by atoms with Crippen LogP contribution in [0, 0.1) is 0 Å². The highest BCUT2D eigenvalue weighted by Gasteiger charge is 2.13. The van der Waals surface area contributed by atoms with Gasteiger partial charge in [0.2, 0.25) is 5.95 Å². The summed E-state index contributed by atoms with van der Waals surface area (Å²) in [7, 11) is 1.62. The molecule has 2 N–H and O–H groups in total. The summed E-state index contributed by atoms with van der Waals surface area (Å²) in [6.07, 6.45) is -0.619. The molecule has 0 saturated carbocycles. The second-order valence-electron chi connectivity index (χ2n) is 3.90. The number of amides is 1. The van der Waals surface area contributed by atoms with Gasteiger partial charge >= 0.3 is 6.09 Å². The van der Waals surface area contributed by atoms with E-state index < -0.39 is 16.9 Å². The van der Waals surface area contributed by atoms with E-state index in [-0.39, 0.29) is 5.95 Å². The zero-order valence-corrected chi connectivity index (χ0v) is 12.0. The number of hydrogen-bond donors (Lipinski definition) is 2. The zero-order chi connectivity index (χ0) is 14.5. The average molecular weight is 297 g/mol. The fourth-order valence-corrected chi connectivity index (χ4v) is 2.80. The summed E-state index contributed by atoms with van der Waals surface area (Å²) in [6, 6.07) is 5.32. The van der Waals surface area contributed by atoms with Gasteiger partial charge in [-0.15, -0.1) is 0 Å². The van der Waals surface area contributed by atoms with Crippen LogP contribution in [0.15, 0.2) is 23.1 Å². The molecule has 1 amide bonds. The van der Waals surface area contributed by atoms with Gasteiger partial charge in [-0.05, 0) is 12.1 Å². The third kappa shape index (κ3) is 3.14. The van der Waals surface area contributed by atoms with Crippen molar-refractivity contribution in [3.63, 3.8) is 0 Å². The number of ether oxygens (including phenoxy) is 2. The maximum absolute atomic E-state index is 12.2. The molecular formula is C12H15N3O4S. The average Bonchev–Trinajstić information content (AvgIpc) is 2.86. The SMILES string of the molecule is COCCS(=O)c1cccc2[nH]c(NC(=O)OC)nc12. The molecule has 1 unspecified atom stereocenters. The number of methoxy groups -OCH3 is 2. The zero-order valence-electron chi connectivity index (χ0n) is 11.1. The molecule has 2 aromatic rings. The molecule has 0 bridgehead atoms. The largest absolute Gasteiger partial charge is 0.453 e. The number of fused-ring (bicyclic) bond motifs is 1. The number of anilines is 1. The smallest absolute Gasteiger partial charge is 0.413 e. The number of hydrogen-bond acceptors (Lipinski definition) is 5. The molecule has 0 aliphatic carbocycles. The molecule has 8 heteroatoms. The lowest BCUT2D eigenvalue weighted by Gasteiger charge is -2.02. The first-order valence-electron chi connectivity index (χ1n) is 5.86. The van der Waals surface area contributed by atoms with Crippen molar-refractivity contribution in [2.24, 2.45) is 0 Å². The number of imidazole rings is 1. The van der Waals surface area contributed by atoms with Gasteiger partial charge in [0, 0.05) is 7.11 Å². The van der Waals surface area contributed by atoms with Gasteiger partial charge in [-0.25, -0.2) is 9.78 Å². The summed E-state index contributed by atoms with van der Waals surface area (Å²) in [6.45, 7) is 0.403. The van der Waals surface area contributed by atoms with E-state index >= 15 is 0 Å². The molecule has 1 aromatic carbocycles. The lowest BCUT2D eigenvalue weighted by molar-refractivity contribution is 0.186. The second kappa shape index (κ2) is 6.49. The molecule has 1 aromatic heterocycles. The molecule has 2 rings (SSSR count). The van der Waals surface area contributed by atoms with Gasteiger partial charge in [0.1, 0.15) is 5.52 Å². The van der Waals surface area contributed by atoms with Crippen LogP contribution in [0.5, 0.6) is 0 Å². The highest BCUT2D eigenvalue weighted by molar-refractivity contribution is 7.85. The molecule has 7 nitrogen and oxygen atoms in total. The van der Waals surface area contributed by atoms with Gasteiger partial charge in [0.05, 0.1) is 40.7 Å². The van der Waals surface area contributed by atoms with E-state index in [2.05, 4.69) is 20.0 Å². The summed E-state index contributed by atoms with van der Waals surface area (Å²) >= 11 is 0. The summed E-state index contributed by atoms with van der Waals surface area (Å²) in [5.74, 6) is 0.644. The molecule has 108 valence electrons. The Morgan fingerprint density at radius 1 is 1.45 bits per heavy atom. The second-order valence-corrected chi connectivity index (χ2v) is 5.44. The summed E-state index contributed by atoms with van der Waals surface area (Å²) in [5, 5.41) is 2.44. The first-order valence-corrected chi connectivity index (χ1v) is 7.18. The number of carbonyl (C=O) groups excluding carboxylic acids is 1. The van der Waals surface area contributed by atoms with Crippen LogP contribution in [0.1, 0.15) is 0 Å². The lowest BCUT2D eigenvalue weighted by Crippen LogP contribution is -2.11. The van der Waals surface area contributed by atoms with E-state index in [0.29, 0.717) is 28.3 Å². The van der Waals surface area contributed by atoms with Crippen LogP contribution >= 0.6 is 0 Å². The minimum atomic E-state index is -1.21. The molecular weight excluding hydrogens is 282 g/mol. The van der Waals surface area contributed by atoms with Crippen LogP contribution in [0.4, 0.5) is 10.7 Å². The summed E-state index contributed by atoms with van der Waals surface area (Å²) in [4.78, 5) is 18.9. The molecule has 1 atom stereocenters. The molecule has 0 aliphatic heterocycles. The van der Waals surface area contributed by atoms with Crippen molar-refractivity contribution in [1.29, 1.82) is 0 Å². The Balaban J connectivity index is 2.32. The Bertz CT molecular complexity index is 641. The fraction of sp³-hybridized carbons (Fsp3) is 0.333. The number of nitrogens with zero attached hydrogens (tertiary/aromatic N) is 1. The van der Waals surface area contributed by atoms with Crippen molar-refractivity contribution in [3.05, 3.63) is 18.2 Å². The number of para-hydroxylation sites is 1. The molecule has 0 fully saturated rings. The van der Waals surface area contributed by atoms with Gasteiger partial charge in [0.15, 0.2) is 0 Å². The van der Waals surface area contributed by atoms with Crippen LogP contribution in [0.2, 0.25) is 0 Å². The van der Waals surface area contributed by atoms with Crippen molar-refractivity contribution in [2.75, 3.05) is 31.9 Å². The van der Waals surface area contributed by atoms with Crippen molar-refractivity contribution in [1.82, 2.24) is 9.97 Å². The van der Waals surface area contributed by atoms with E-state index in [4.69, 9.17) is 4.74 Å². The minimum Gasteiger partial charge on any atom is -0.453 e. The first-order chi connectivity index (χ1) is 9.65. The summed E-state index contributed by atoms with van der Waals surface area (Å²) in [5.41, 5.74) is 1.26. The number of H-pyrrole nitrogens is 1. The van der Waals surface area contributed by atoms with Crippen LogP contribution in [-0.2, 0) is 20.3 Å². The van der Waals surface area contributed by atoms with Crippen molar-refractivity contribution in [3.8, 4) is 0 Å². The number of nitrogens with one attached hydrogen (secondary N) is 2. The quantitative estimate of drug-likeness (QED) is 0.872. The Kier molecular flexibility index (Phi) is 4.70. The number of aromatic nitrogens is 2. The van der Waals surface area contributed by atoms with Gasteiger partial charge in [-0.3, -0.25) is 9.53 Å². The van der Waals surface area contributed by atoms with E-state index in [0.717, 1.165) is 0 Å². The monoisotopic (exact) mass is 297 g/mol. The number of aromatic amines is 1. The van der Waals surface area contributed by atoms with Gasteiger partial charge in [-0.1, -0.05) is 6.07 Å². The third-order valence-corrected chi connectivity index (χ3v) is 3.96. The molecule has 0 aliphatic rings. The lowest BCUT2D eigenvalue weighted by atomic mass is 10.3. The van der Waals surface area contributed by atoms with E-state index in [1.165, 1.54) is 7.11 Å². The Morgan fingerprint density at radius 2 is 2.25 bits per heavy atom. The van der Waals surface area contributed by atoms with E-state index in [1.807, 2.05) is 0 Å². The van der Waals surface area contributed by atoms with Crippen LogP contribution < -0.4 is 5.32 Å². The van der Waals surface area contributed by atoms with Gasteiger partial charge < -0.3 is 14.5 Å². The molecule has 0 spiro atoms. The van der Waals surface area contributed by atoms with Crippen molar-refractivity contribution >= 4 is 33.9 Å². The Hall–Kier alpha value is -1.93. The standard InChI is InChI=1S/C12H15N3O4S/c1-18-6-7-20(17)9-5-3-4-8-10(9)14-11(13-8)15-12(16)19-2/h3-5H,6-7H2,1-2H3,(H2,13,14,15,16). The number of carbonyl (C=O) groups is 1. The van der Waals surface area contributed by atoms with Gasteiger partial charge in [-0.2, -0.15) is 0 Å². The minimum absolute atomic E-state index is 0.253. The third-order valence-electron chi connectivity index (χ3n) is 2.60. The van der Waals surface area contributed by atoms with Crippen LogP contribution in [0.25, 0.3) is 11.0 Å². The van der Waals surface area contributed by atoms with E-state index in [1.54, 1.807) is 25.3 Å². The number of rotatable bonds is 5. The van der Waals surface area contributed by atoms with Gasteiger partial charge in [0.25, 0.3) is 0 Å².